The number of fused-ring (bicyclic) bond motifs is 1. The molecule has 5 amide bonds. The lowest BCUT2D eigenvalue weighted by Crippen LogP contribution is -2.48. The number of carbonyl (C=O) groups excluding carboxylic acids is 3. The minimum atomic E-state index is -0.527. The van der Waals surface area contributed by atoms with Crippen LogP contribution in [0.3, 0.4) is 0 Å². The van der Waals surface area contributed by atoms with Gasteiger partial charge in [-0.05, 0) is 75.6 Å². The zero-order valence-corrected chi connectivity index (χ0v) is 27.6. The fourth-order valence-corrected chi connectivity index (χ4v) is 5.37. The summed E-state index contributed by atoms with van der Waals surface area (Å²) in [5.74, 6) is -0.149. The van der Waals surface area contributed by atoms with Gasteiger partial charge in [-0.15, -0.1) is 0 Å². The maximum Gasteiger partial charge on any atom is 0.323 e. The SMILES string of the molecule is C[C@@H]1CN([C@@H](C)CO)C(=O)c2cc(NC(=O)Nc3ccccc3)ccc2O[C@@H](C)CCCCO[C@H]1CN(C)C(=O)Nc1ccccc1. The predicted octanol–water partition coefficient (Wildman–Crippen LogP) is 6.29. The molecule has 252 valence electrons. The highest BCUT2D eigenvalue weighted by molar-refractivity contribution is 6.02. The summed E-state index contributed by atoms with van der Waals surface area (Å²) in [5.41, 5.74) is 2.02. The van der Waals surface area contributed by atoms with E-state index < -0.39 is 12.1 Å². The van der Waals surface area contributed by atoms with Crippen LogP contribution in [0.4, 0.5) is 26.7 Å². The number of para-hydroxylation sites is 2. The average Bonchev–Trinajstić information content (AvgIpc) is 3.06. The molecule has 0 fully saturated rings. The smallest absolute Gasteiger partial charge is 0.323 e. The Morgan fingerprint density at radius 1 is 0.936 bits per heavy atom. The van der Waals surface area contributed by atoms with E-state index in [-0.39, 0.29) is 48.8 Å². The van der Waals surface area contributed by atoms with Crippen molar-refractivity contribution in [2.45, 2.75) is 58.3 Å². The maximum atomic E-state index is 14.3. The van der Waals surface area contributed by atoms with Gasteiger partial charge in [0.05, 0.1) is 30.4 Å². The summed E-state index contributed by atoms with van der Waals surface area (Å²) in [4.78, 5) is 43.3. The highest BCUT2D eigenvalue weighted by atomic mass is 16.5. The van der Waals surface area contributed by atoms with Crippen LogP contribution in [0.25, 0.3) is 0 Å². The number of hydrogen-bond donors (Lipinski definition) is 4. The minimum absolute atomic E-state index is 0.184. The first-order valence-electron chi connectivity index (χ1n) is 16.2. The van der Waals surface area contributed by atoms with E-state index in [0.29, 0.717) is 36.0 Å². The van der Waals surface area contributed by atoms with Gasteiger partial charge in [0.1, 0.15) is 5.75 Å². The van der Waals surface area contributed by atoms with Gasteiger partial charge >= 0.3 is 12.1 Å². The van der Waals surface area contributed by atoms with Crippen molar-refractivity contribution >= 4 is 35.0 Å². The second kappa shape index (κ2) is 17.3. The van der Waals surface area contributed by atoms with Crippen molar-refractivity contribution < 1.29 is 29.0 Å². The van der Waals surface area contributed by atoms with Crippen LogP contribution in [-0.2, 0) is 4.74 Å². The third kappa shape index (κ3) is 10.5. The molecule has 4 atom stereocenters. The molecular weight excluding hydrogens is 598 g/mol. The lowest BCUT2D eigenvalue weighted by atomic mass is 10.0. The zero-order chi connectivity index (χ0) is 33.8. The molecule has 1 heterocycles. The van der Waals surface area contributed by atoms with Crippen molar-refractivity contribution in [3.8, 4) is 5.75 Å². The number of rotatable bonds is 7. The fourth-order valence-electron chi connectivity index (χ4n) is 5.37. The molecule has 0 aliphatic carbocycles. The van der Waals surface area contributed by atoms with E-state index in [1.54, 1.807) is 54.1 Å². The van der Waals surface area contributed by atoms with E-state index in [0.717, 1.165) is 19.3 Å². The molecule has 0 saturated carbocycles. The highest BCUT2D eigenvalue weighted by Crippen LogP contribution is 2.29. The second-order valence-electron chi connectivity index (χ2n) is 12.1. The summed E-state index contributed by atoms with van der Waals surface area (Å²) >= 11 is 0. The Balaban J connectivity index is 1.58. The molecule has 1 aliphatic rings. The van der Waals surface area contributed by atoms with Crippen molar-refractivity contribution in [1.82, 2.24) is 9.80 Å². The van der Waals surface area contributed by atoms with E-state index in [2.05, 4.69) is 16.0 Å². The van der Waals surface area contributed by atoms with Crippen LogP contribution in [0, 0.1) is 5.92 Å². The molecule has 4 rings (SSSR count). The lowest BCUT2D eigenvalue weighted by Gasteiger charge is -2.35. The molecular formula is C36H47N5O6. The van der Waals surface area contributed by atoms with Crippen LogP contribution < -0.4 is 20.7 Å². The number of likely N-dealkylation sites (N-methyl/N-ethyl adjacent to an activating group) is 1. The first kappa shape index (κ1) is 35.2. The van der Waals surface area contributed by atoms with Crippen LogP contribution in [0.5, 0.6) is 5.75 Å². The quantitative estimate of drug-likeness (QED) is 0.239. The Morgan fingerprint density at radius 2 is 1.57 bits per heavy atom. The third-order valence-corrected chi connectivity index (χ3v) is 8.17. The average molecular weight is 646 g/mol. The predicted molar refractivity (Wildman–Crippen MR) is 184 cm³/mol. The van der Waals surface area contributed by atoms with E-state index in [9.17, 15) is 19.5 Å². The number of ether oxygens (including phenoxy) is 2. The van der Waals surface area contributed by atoms with Crippen LogP contribution in [0.2, 0.25) is 0 Å². The number of anilines is 3. The van der Waals surface area contributed by atoms with Gasteiger partial charge in [-0.2, -0.15) is 0 Å². The number of aliphatic hydroxyl groups excluding tert-OH is 1. The summed E-state index contributed by atoms with van der Waals surface area (Å²) in [6.45, 7) is 6.51. The summed E-state index contributed by atoms with van der Waals surface area (Å²) in [6.07, 6.45) is 1.83. The molecule has 0 radical (unpaired) electrons. The molecule has 0 unspecified atom stereocenters. The lowest BCUT2D eigenvalue weighted by molar-refractivity contribution is -0.0115. The largest absolute Gasteiger partial charge is 0.490 e. The summed E-state index contributed by atoms with van der Waals surface area (Å²) in [6, 6.07) is 22.1. The van der Waals surface area contributed by atoms with E-state index in [1.165, 1.54) is 0 Å². The number of nitrogens with one attached hydrogen (secondary N) is 3. The van der Waals surface area contributed by atoms with E-state index >= 15 is 0 Å². The first-order chi connectivity index (χ1) is 22.6. The maximum absolute atomic E-state index is 14.3. The molecule has 11 nitrogen and oxygen atoms in total. The normalized spacial score (nSPS) is 19.7. The molecule has 1 aliphatic heterocycles. The molecule has 3 aromatic rings. The molecule has 0 bridgehead atoms. The molecule has 0 saturated heterocycles. The standard InChI is InChI=1S/C36H47N5O6/c1-25-22-41(26(2)24-42)34(43)31-21-30(38-35(44)37-28-14-7-5-8-15-28)18-19-32(31)47-27(3)13-11-12-20-46-33(25)23-40(4)36(45)39-29-16-9-6-10-17-29/h5-10,14-19,21,25-27,33,42H,11-13,20,22-24H2,1-4H3,(H,39,45)(H2,37,38,44)/t25-,26+,27+,33+/m1/s1. The number of benzene rings is 3. The Hall–Kier alpha value is -4.61. The van der Waals surface area contributed by atoms with Gasteiger partial charge in [-0.3, -0.25) is 4.79 Å². The van der Waals surface area contributed by atoms with Crippen LogP contribution in [-0.4, -0.2) is 84.5 Å². The minimum Gasteiger partial charge on any atom is -0.490 e. The Morgan fingerprint density at radius 3 is 2.23 bits per heavy atom. The van der Waals surface area contributed by atoms with Crippen LogP contribution in [0.1, 0.15) is 50.4 Å². The molecule has 11 heteroatoms. The molecule has 3 aromatic carbocycles. The van der Waals surface area contributed by atoms with Gasteiger partial charge < -0.3 is 40.3 Å². The van der Waals surface area contributed by atoms with Gasteiger partial charge in [0.2, 0.25) is 0 Å². The fraction of sp³-hybridized carbons (Fsp3) is 0.417. The summed E-state index contributed by atoms with van der Waals surface area (Å²) < 4.78 is 12.6. The van der Waals surface area contributed by atoms with Gasteiger partial charge in [-0.25, -0.2) is 9.59 Å². The number of urea groups is 2. The molecule has 4 N–H and O–H groups in total. The molecule has 47 heavy (non-hydrogen) atoms. The van der Waals surface area contributed by atoms with Crippen molar-refractivity contribution in [3.05, 3.63) is 84.4 Å². The number of aliphatic hydroxyl groups is 1. The second-order valence-corrected chi connectivity index (χ2v) is 12.1. The van der Waals surface area contributed by atoms with Crippen molar-refractivity contribution in [1.29, 1.82) is 0 Å². The third-order valence-electron chi connectivity index (χ3n) is 8.17. The van der Waals surface area contributed by atoms with Gasteiger partial charge in [0.15, 0.2) is 0 Å². The van der Waals surface area contributed by atoms with Gasteiger partial charge in [0.25, 0.3) is 5.91 Å². The van der Waals surface area contributed by atoms with Gasteiger partial charge in [0, 0.05) is 49.7 Å². The van der Waals surface area contributed by atoms with Crippen molar-refractivity contribution in [2.75, 3.05) is 49.3 Å². The zero-order valence-electron chi connectivity index (χ0n) is 27.6. The topological polar surface area (TPSA) is 132 Å². The monoisotopic (exact) mass is 645 g/mol. The Labute approximate surface area is 277 Å². The number of nitrogens with zero attached hydrogens (tertiary/aromatic N) is 2. The summed E-state index contributed by atoms with van der Waals surface area (Å²) in [5, 5.41) is 18.7. The Kier molecular flexibility index (Phi) is 13.0. The van der Waals surface area contributed by atoms with E-state index in [1.807, 2.05) is 62.4 Å². The van der Waals surface area contributed by atoms with Crippen molar-refractivity contribution in [2.24, 2.45) is 5.92 Å². The van der Waals surface area contributed by atoms with Gasteiger partial charge in [-0.1, -0.05) is 43.3 Å². The Bertz CT molecular complexity index is 1460. The number of amides is 5. The molecule has 0 spiro atoms. The number of hydrogen-bond acceptors (Lipinski definition) is 6. The molecule has 0 aromatic heterocycles. The highest BCUT2D eigenvalue weighted by Gasteiger charge is 2.31. The van der Waals surface area contributed by atoms with E-state index in [4.69, 9.17) is 9.47 Å². The van der Waals surface area contributed by atoms with Crippen LogP contribution >= 0.6 is 0 Å². The van der Waals surface area contributed by atoms with Crippen LogP contribution in [0.15, 0.2) is 78.9 Å². The number of carbonyl (C=O) groups is 3. The first-order valence-corrected chi connectivity index (χ1v) is 16.2. The summed E-state index contributed by atoms with van der Waals surface area (Å²) in [7, 11) is 1.72. The van der Waals surface area contributed by atoms with Crippen molar-refractivity contribution in [3.63, 3.8) is 0 Å².